The lowest BCUT2D eigenvalue weighted by Gasteiger charge is -2.14. The van der Waals surface area contributed by atoms with Crippen LogP contribution in [0, 0.1) is 0 Å². The van der Waals surface area contributed by atoms with Crippen LogP contribution in [0.1, 0.15) is 18.5 Å². The third kappa shape index (κ3) is 4.87. The highest BCUT2D eigenvalue weighted by molar-refractivity contribution is 7.99. The lowest BCUT2D eigenvalue weighted by Crippen LogP contribution is -2.28. The van der Waals surface area contributed by atoms with Crippen molar-refractivity contribution in [3.8, 4) is 34.0 Å². The summed E-state index contributed by atoms with van der Waals surface area (Å²) in [5, 5.41) is 12.2. The SMILES string of the molecule is CC(NC(=O)CSc1nnc(-c2ccccc2)c(-c2ccccc2)n1)c1ccc2c(c1)OCO2. The van der Waals surface area contributed by atoms with Gasteiger partial charge in [0.2, 0.25) is 17.9 Å². The molecule has 7 nitrogen and oxygen atoms in total. The molecule has 0 spiro atoms. The van der Waals surface area contributed by atoms with Gasteiger partial charge in [-0.05, 0) is 24.6 Å². The van der Waals surface area contributed by atoms with Gasteiger partial charge in [-0.3, -0.25) is 4.79 Å². The van der Waals surface area contributed by atoms with E-state index in [1.54, 1.807) is 0 Å². The molecule has 1 atom stereocenters. The first-order chi connectivity index (χ1) is 16.7. The zero-order valence-electron chi connectivity index (χ0n) is 18.5. The predicted octanol–water partition coefficient (Wildman–Crippen LogP) is 4.90. The number of rotatable bonds is 7. The first-order valence-electron chi connectivity index (χ1n) is 10.8. The predicted molar refractivity (Wildman–Crippen MR) is 131 cm³/mol. The minimum absolute atomic E-state index is 0.118. The molecule has 0 saturated carbocycles. The van der Waals surface area contributed by atoms with Crippen LogP contribution in [-0.2, 0) is 4.79 Å². The monoisotopic (exact) mass is 470 g/mol. The molecule has 0 radical (unpaired) electrons. The van der Waals surface area contributed by atoms with E-state index < -0.39 is 0 Å². The first kappa shape index (κ1) is 21.9. The number of amides is 1. The van der Waals surface area contributed by atoms with Crippen molar-refractivity contribution < 1.29 is 14.3 Å². The third-order valence-corrected chi connectivity index (χ3v) is 6.21. The average Bonchev–Trinajstić information content (AvgIpc) is 3.36. The largest absolute Gasteiger partial charge is 0.454 e. The highest BCUT2D eigenvalue weighted by Crippen LogP contribution is 2.34. The molecule has 2 heterocycles. The van der Waals surface area contributed by atoms with E-state index in [-0.39, 0.29) is 24.5 Å². The molecule has 0 bridgehead atoms. The molecular formula is C26H22N4O3S. The van der Waals surface area contributed by atoms with E-state index in [2.05, 4.69) is 15.5 Å². The van der Waals surface area contributed by atoms with Gasteiger partial charge in [0.15, 0.2) is 11.5 Å². The van der Waals surface area contributed by atoms with Crippen molar-refractivity contribution in [3.63, 3.8) is 0 Å². The molecular weight excluding hydrogens is 448 g/mol. The smallest absolute Gasteiger partial charge is 0.231 e. The van der Waals surface area contributed by atoms with E-state index in [0.29, 0.717) is 16.6 Å². The van der Waals surface area contributed by atoms with Crippen LogP contribution in [0.5, 0.6) is 11.5 Å². The van der Waals surface area contributed by atoms with E-state index in [1.807, 2.05) is 85.8 Å². The number of carbonyl (C=O) groups is 1. The van der Waals surface area contributed by atoms with Crippen molar-refractivity contribution in [2.24, 2.45) is 0 Å². The summed E-state index contributed by atoms with van der Waals surface area (Å²) in [6.45, 7) is 2.15. The van der Waals surface area contributed by atoms with Crippen LogP contribution in [0.2, 0.25) is 0 Å². The molecule has 0 saturated heterocycles. The van der Waals surface area contributed by atoms with E-state index in [9.17, 15) is 4.79 Å². The van der Waals surface area contributed by atoms with Crippen LogP contribution < -0.4 is 14.8 Å². The topological polar surface area (TPSA) is 86.2 Å². The highest BCUT2D eigenvalue weighted by Gasteiger charge is 2.18. The third-order valence-electron chi connectivity index (χ3n) is 5.37. The van der Waals surface area contributed by atoms with E-state index in [1.165, 1.54) is 11.8 Å². The summed E-state index contributed by atoms with van der Waals surface area (Å²) in [5.41, 5.74) is 4.27. The Morgan fingerprint density at radius 1 is 0.912 bits per heavy atom. The second-order valence-electron chi connectivity index (χ2n) is 7.71. The van der Waals surface area contributed by atoms with Crippen molar-refractivity contribution >= 4 is 17.7 Å². The summed E-state index contributed by atoms with van der Waals surface area (Å²) in [6, 6.07) is 25.2. The van der Waals surface area contributed by atoms with Crippen LogP contribution in [-0.4, -0.2) is 33.6 Å². The lowest BCUT2D eigenvalue weighted by molar-refractivity contribution is -0.119. The fourth-order valence-electron chi connectivity index (χ4n) is 3.64. The summed E-state index contributed by atoms with van der Waals surface area (Å²) in [6.07, 6.45) is 0. The van der Waals surface area contributed by atoms with Gasteiger partial charge in [-0.1, -0.05) is 78.5 Å². The Bertz CT molecular complexity index is 1300. The maximum atomic E-state index is 12.6. The zero-order chi connectivity index (χ0) is 23.3. The molecule has 170 valence electrons. The van der Waals surface area contributed by atoms with Gasteiger partial charge in [0.1, 0.15) is 11.4 Å². The Balaban J connectivity index is 1.29. The molecule has 1 amide bonds. The fourth-order valence-corrected chi connectivity index (χ4v) is 4.24. The molecule has 1 aromatic heterocycles. The van der Waals surface area contributed by atoms with Crippen LogP contribution in [0.4, 0.5) is 0 Å². The summed E-state index contributed by atoms with van der Waals surface area (Å²) in [5.74, 6) is 1.47. The summed E-state index contributed by atoms with van der Waals surface area (Å²) < 4.78 is 10.8. The molecule has 1 unspecified atom stereocenters. The quantitative estimate of drug-likeness (QED) is 0.384. The van der Waals surface area contributed by atoms with Gasteiger partial charge in [0, 0.05) is 11.1 Å². The molecule has 3 aromatic carbocycles. The average molecular weight is 471 g/mol. The zero-order valence-corrected chi connectivity index (χ0v) is 19.3. The molecule has 4 aromatic rings. The molecule has 5 rings (SSSR count). The number of hydrogen-bond donors (Lipinski definition) is 1. The summed E-state index contributed by atoms with van der Waals surface area (Å²) in [7, 11) is 0. The number of nitrogens with one attached hydrogen (secondary N) is 1. The van der Waals surface area contributed by atoms with Crippen molar-refractivity contribution in [3.05, 3.63) is 84.4 Å². The minimum atomic E-state index is -0.179. The molecule has 1 aliphatic heterocycles. The number of fused-ring (bicyclic) bond motifs is 1. The van der Waals surface area contributed by atoms with Crippen molar-refractivity contribution in [1.29, 1.82) is 0 Å². The second-order valence-corrected chi connectivity index (χ2v) is 8.66. The highest BCUT2D eigenvalue weighted by atomic mass is 32.2. The van der Waals surface area contributed by atoms with Gasteiger partial charge in [0.25, 0.3) is 0 Å². The Morgan fingerprint density at radius 2 is 1.59 bits per heavy atom. The maximum absolute atomic E-state index is 12.6. The van der Waals surface area contributed by atoms with Crippen LogP contribution >= 0.6 is 11.8 Å². The van der Waals surface area contributed by atoms with Crippen LogP contribution in [0.25, 0.3) is 22.5 Å². The molecule has 8 heteroatoms. The maximum Gasteiger partial charge on any atom is 0.231 e. The van der Waals surface area contributed by atoms with Gasteiger partial charge < -0.3 is 14.8 Å². The summed E-state index contributed by atoms with van der Waals surface area (Å²) >= 11 is 1.26. The number of carbonyl (C=O) groups excluding carboxylic acids is 1. The fraction of sp³-hybridized carbons (Fsp3) is 0.154. The Labute approximate surface area is 201 Å². The number of hydrogen-bond acceptors (Lipinski definition) is 7. The van der Waals surface area contributed by atoms with Crippen molar-refractivity contribution in [2.45, 2.75) is 18.1 Å². The van der Waals surface area contributed by atoms with Crippen molar-refractivity contribution in [1.82, 2.24) is 20.5 Å². The van der Waals surface area contributed by atoms with Gasteiger partial charge in [-0.25, -0.2) is 4.98 Å². The van der Waals surface area contributed by atoms with Gasteiger partial charge in [-0.15, -0.1) is 10.2 Å². The normalized spacial score (nSPS) is 12.9. The van der Waals surface area contributed by atoms with E-state index in [0.717, 1.165) is 28.1 Å². The second kappa shape index (κ2) is 9.93. The summed E-state index contributed by atoms with van der Waals surface area (Å²) in [4.78, 5) is 17.4. The van der Waals surface area contributed by atoms with Gasteiger partial charge >= 0.3 is 0 Å². The van der Waals surface area contributed by atoms with Crippen molar-refractivity contribution in [2.75, 3.05) is 12.5 Å². The lowest BCUT2D eigenvalue weighted by atomic mass is 10.0. The number of nitrogens with zero attached hydrogens (tertiary/aromatic N) is 3. The number of aromatic nitrogens is 3. The Morgan fingerprint density at radius 3 is 2.32 bits per heavy atom. The molecule has 1 aliphatic rings. The first-order valence-corrected chi connectivity index (χ1v) is 11.8. The van der Waals surface area contributed by atoms with Gasteiger partial charge in [-0.2, -0.15) is 0 Å². The standard InChI is InChI=1S/C26H22N4O3S/c1-17(20-12-13-21-22(14-20)33-16-32-21)27-23(31)15-34-26-28-24(18-8-4-2-5-9-18)25(29-30-26)19-10-6-3-7-11-19/h2-14,17H,15-16H2,1H3,(H,27,31). The number of thioether (sulfide) groups is 1. The number of ether oxygens (including phenoxy) is 2. The Hall–Kier alpha value is -3.91. The van der Waals surface area contributed by atoms with Crippen LogP contribution in [0.3, 0.4) is 0 Å². The molecule has 1 N–H and O–H groups in total. The van der Waals surface area contributed by atoms with Gasteiger partial charge in [0.05, 0.1) is 11.8 Å². The molecule has 34 heavy (non-hydrogen) atoms. The minimum Gasteiger partial charge on any atom is -0.454 e. The van der Waals surface area contributed by atoms with E-state index >= 15 is 0 Å². The Kier molecular flexibility index (Phi) is 6.40. The number of benzene rings is 3. The molecule has 0 aliphatic carbocycles. The van der Waals surface area contributed by atoms with E-state index in [4.69, 9.17) is 14.5 Å². The molecule has 0 fully saturated rings. The van der Waals surface area contributed by atoms with Crippen LogP contribution in [0.15, 0.2) is 84.0 Å².